The first-order valence-electron chi connectivity index (χ1n) is 6.07. The quantitative estimate of drug-likeness (QED) is 0.726. The first-order chi connectivity index (χ1) is 8.03. The van der Waals surface area contributed by atoms with Gasteiger partial charge in [0.15, 0.2) is 0 Å². The second kappa shape index (κ2) is 4.49. The van der Waals surface area contributed by atoms with Crippen LogP contribution in [0.15, 0.2) is 0 Å². The van der Waals surface area contributed by atoms with Gasteiger partial charge < -0.3 is 10.6 Å². The van der Waals surface area contributed by atoms with Gasteiger partial charge in [-0.1, -0.05) is 6.92 Å². The van der Waals surface area contributed by atoms with Gasteiger partial charge in [0, 0.05) is 5.41 Å². The Kier molecular flexibility index (Phi) is 3.19. The summed E-state index contributed by atoms with van der Waals surface area (Å²) >= 11 is 0. The van der Waals surface area contributed by atoms with E-state index in [1.54, 1.807) is 0 Å². The summed E-state index contributed by atoms with van der Waals surface area (Å²) in [6, 6.07) is 0. The number of hydrogen-bond donors (Lipinski definition) is 3. The highest BCUT2D eigenvalue weighted by molar-refractivity contribution is 5.96. The summed E-state index contributed by atoms with van der Waals surface area (Å²) in [4.78, 5) is 12.3. The maximum Gasteiger partial charge on any atom is 0.230 e. The number of nitrogens with one attached hydrogen (secondary N) is 3. The maximum atomic E-state index is 12.3. The topological polar surface area (TPSA) is 69.8 Å². The Balaban J connectivity index is 2.11. The molecule has 5 nitrogen and oxygen atoms in total. The molecule has 0 saturated carbocycles. The Morgan fingerprint density at radius 2 is 2.00 bits per heavy atom. The molecule has 1 fully saturated rings. The highest BCUT2D eigenvalue weighted by Crippen LogP contribution is 2.30. The lowest BCUT2D eigenvalue weighted by molar-refractivity contribution is -0.126. The normalized spacial score (nSPS) is 19.0. The lowest BCUT2D eigenvalue weighted by atomic mass is 9.80. The van der Waals surface area contributed by atoms with E-state index in [1.807, 2.05) is 20.8 Å². The molecule has 17 heavy (non-hydrogen) atoms. The van der Waals surface area contributed by atoms with E-state index in [2.05, 4.69) is 20.8 Å². The monoisotopic (exact) mass is 236 g/mol. The Hall–Kier alpha value is -1.36. The molecule has 1 saturated heterocycles. The minimum absolute atomic E-state index is 0.103. The molecule has 0 bridgehead atoms. The molecule has 1 amide bonds. The van der Waals surface area contributed by atoms with Crippen LogP contribution >= 0.6 is 0 Å². The van der Waals surface area contributed by atoms with E-state index in [0.29, 0.717) is 0 Å². The molecule has 0 aromatic carbocycles. The molecule has 2 heterocycles. The van der Waals surface area contributed by atoms with Crippen molar-refractivity contribution >= 4 is 11.6 Å². The zero-order chi connectivity index (χ0) is 12.5. The van der Waals surface area contributed by atoms with Crippen molar-refractivity contribution in [2.45, 2.75) is 33.6 Å². The van der Waals surface area contributed by atoms with Crippen molar-refractivity contribution in [2.24, 2.45) is 5.41 Å². The summed E-state index contributed by atoms with van der Waals surface area (Å²) in [5.41, 5.74) is 2.32. The Morgan fingerprint density at radius 1 is 1.35 bits per heavy atom. The van der Waals surface area contributed by atoms with E-state index in [1.165, 1.54) is 0 Å². The summed E-state index contributed by atoms with van der Waals surface area (Å²) in [6.07, 6.45) is 1.77. The summed E-state index contributed by atoms with van der Waals surface area (Å²) < 4.78 is 0. The van der Waals surface area contributed by atoms with Crippen LogP contribution in [0.4, 0.5) is 5.69 Å². The predicted octanol–water partition coefficient (Wildman–Crippen LogP) is 1.35. The van der Waals surface area contributed by atoms with Crippen LogP contribution in [0.1, 0.15) is 31.2 Å². The molecule has 1 aliphatic rings. The van der Waals surface area contributed by atoms with Crippen molar-refractivity contribution in [3.8, 4) is 0 Å². The van der Waals surface area contributed by atoms with Crippen LogP contribution in [0.2, 0.25) is 0 Å². The van der Waals surface area contributed by atoms with E-state index >= 15 is 0 Å². The first-order valence-corrected chi connectivity index (χ1v) is 6.07. The van der Waals surface area contributed by atoms with Gasteiger partial charge in [-0.3, -0.25) is 9.89 Å². The molecule has 94 valence electrons. The van der Waals surface area contributed by atoms with Crippen molar-refractivity contribution in [1.29, 1.82) is 0 Å². The predicted molar refractivity (Wildman–Crippen MR) is 66.9 cm³/mol. The van der Waals surface area contributed by atoms with Gasteiger partial charge >= 0.3 is 0 Å². The van der Waals surface area contributed by atoms with Crippen LogP contribution in [-0.2, 0) is 4.79 Å². The van der Waals surface area contributed by atoms with Gasteiger partial charge in [0.1, 0.15) is 0 Å². The lowest BCUT2D eigenvalue weighted by Crippen LogP contribution is -2.42. The van der Waals surface area contributed by atoms with Gasteiger partial charge in [-0.25, -0.2) is 0 Å². The Labute approximate surface area is 101 Å². The number of carbonyl (C=O) groups excluding carboxylic acids is 1. The molecule has 0 aliphatic carbocycles. The highest BCUT2D eigenvalue weighted by atomic mass is 16.2. The fraction of sp³-hybridized carbons (Fsp3) is 0.667. The summed E-state index contributed by atoms with van der Waals surface area (Å²) in [5, 5.41) is 13.3. The highest BCUT2D eigenvalue weighted by Gasteiger charge is 2.35. The molecule has 0 unspecified atom stereocenters. The number of amides is 1. The summed E-state index contributed by atoms with van der Waals surface area (Å²) in [7, 11) is 0. The van der Waals surface area contributed by atoms with Crippen LogP contribution in [-0.4, -0.2) is 29.2 Å². The SMILES string of the molecule is Cc1n[nH]c(C)c1NC(=O)C1(C)CCNCC1. The minimum Gasteiger partial charge on any atom is -0.323 e. The fourth-order valence-electron chi connectivity index (χ4n) is 2.21. The van der Waals surface area contributed by atoms with Gasteiger partial charge in [0.2, 0.25) is 5.91 Å². The largest absolute Gasteiger partial charge is 0.323 e. The van der Waals surface area contributed by atoms with Crippen molar-refractivity contribution in [3.05, 3.63) is 11.4 Å². The molecule has 0 radical (unpaired) electrons. The van der Waals surface area contributed by atoms with Crippen molar-refractivity contribution in [3.63, 3.8) is 0 Å². The van der Waals surface area contributed by atoms with E-state index in [4.69, 9.17) is 0 Å². The molecule has 0 spiro atoms. The number of carbonyl (C=O) groups is 1. The van der Waals surface area contributed by atoms with Gasteiger partial charge in [0.05, 0.1) is 17.1 Å². The number of aryl methyl sites for hydroxylation is 2. The van der Waals surface area contributed by atoms with Gasteiger partial charge in [0.25, 0.3) is 0 Å². The van der Waals surface area contributed by atoms with Gasteiger partial charge in [-0.15, -0.1) is 0 Å². The average molecular weight is 236 g/mol. The van der Waals surface area contributed by atoms with Gasteiger partial charge in [-0.05, 0) is 39.8 Å². The first kappa shape index (κ1) is 12.1. The lowest BCUT2D eigenvalue weighted by Gasteiger charge is -2.32. The number of H-pyrrole nitrogens is 1. The van der Waals surface area contributed by atoms with Crippen LogP contribution in [0.5, 0.6) is 0 Å². The summed E-state index contributed by atoms with van der Waals surface area (Å²) in [6.45, 7) is 7.67. The fourth-order valence-corrected chi connectivity index (χ4v) is 2.21. The number of anilines is 1. The third kappa shape index (κ3) is 2.34. The molecule has 5 heteroatoms. The van der Waals surface area contributed by atoms with Crippen molar-refractivity contribution in [1.82, 2.24) is 15.5 Å². The Morgan fingerprint density at radius 3 is 2.53 bits per heavy atom. The second-order valence-electron chi connectivity index (χ2n) is 5.07. The third-order valence-electron chi connectivity index (χ3n) is 3.62. The summed E-state index contributed by atoms with van der Waals surface area (Å²) in [5.74, 6) is 0.103. The molecule has 2 rings (SSSR count). The molecular weight excluding hydrogens is 216 g/mol. The number of aromatic amines is 1. The van der Waals surface area contributed by atoms with Crippen molar-refractivity contribution < 1.29 is 4.79 Å². The zero-order valence-corrected chi connectivity index (χ0v) is 10.7. The number of piperidine rings is 1. The second-order valence-corrected chi connectivity index (χ2v) is 5.07. The standard InChI is InChI=1S/C12H20N4O/c1-8-10(9(2)16-15-8)14-11(17)12(3)4-6-13-7-5-12/h13H,4-7H2,1-3H3,(H,14,17)(H,15,16). The minimum atomic E-state index is -0.262. The zero-order valence-electron chi connectivity index (χ0n) is 10.7. The average Bonchev–Trinajstić information content (AvgIpc) is 2.62. The molecule has 1 aromatic rings. The van der Waals surface area contributed by atoms with E-state index in [9.17, 15) is 4.79 Å². The number of rotatable bonds is 2. The number of nitrogens with zero attached hydrogens (tertiary/aromatic N) is 1. The number of hydrogen-bond acceptors (Lipinski definition) is 3. The third-order valence-corrected chi connectivity index (χ3v) is 3.62. The molecule has 1 aliphatic heterocycles. The van der Waals surface area contributed by atoms with E-state index in [0.717, 1.165) is 43.0 Å². The molecule has 1 aromatic heterocycles. The van der Waals surface area contributed by atoms with E-state index in [-0.39, 0.29) is 11.3 Å². The molecular formula is C12H20N4O. The van der Waals surface area contributed by atoms with Gasteiger partial charge in [-0.2, -0.15) is 5.10 Å². The number of aromatic nitrogens is 2. The van der Waals surface area contributed by atoms with E-state index < -0.39 is 0 Å². The van der Waals surface area contributed by atoms with Crippen molar-refractivity contribution in [2.75, 3.05) is 18.4 Å². The van der Waals surface area contributed by atoms with Crippen LogP contribution < -0.4 is 10.6 Å². The maximum absolute atomic E-state index is 12.3. The smallest absolute Gasteiger partial charge is 0.230 e. The Bertz CT molecular complexity index is 399. The van der Waals surface area contributed by atoms with Crippen LogP contribution in [0.25, 0.3) is 0 Å². The van der Waals surface area contributed by atoms with Crippen LogP contribution in [0.3, 0.4) is 0 Å². The van der Waals surface area contributed by atoms with Crippen LogP contribution in [0, 0.1) is 19.3 Å². The molecule has 0 atom stereocenters. The molecule has 3 N–H and O–H groups in total.